The van der Waals surface area contributed by atoms with Gasteiger partial charge in [-0.1, -0.05) is 11.3 Å². The quantitative estimate of drug-likeness (QED) is 0.765. The van der Waals surface area contributed by atoms with Gasteiger partial charge in [0.15, 0.2) is 10.8 Å². The van der Waals surface area contributed by atoms with Gasteiger partial charge in [0, 0.05) is 6.07 Å². The molecule has 0 atom stereocenters. The van der Waals surface area contributed by atoms with E-state index in [0.29, 0.717) is 6.07 Å². The van der Waals surface area contributed by atoms with E-state index in [-0.39, 0.29) is 15.7 Å². The maximum absolute atomic E-state index is 13.3. The highest BCUT2D eigenvalue weighted by Crippen LogP contribution is 2.24. The first-order valence-electron chi connectivity index (χ1n) is 4.35. The van der Waals surface area contributed by atoms with Crippen LogP contribution < -0.4 is 0 Å². The monoisotopic (exact) mass is 257 g/mol. The lowest BCUT2D eigenvalue weighted by Gasteiger charge is -1.96. The molecule has 0 bridgehead atoms. The van der Waals surface area contributed by atoms with Crippen molar-refractivity contribution in [3.63, 3.8) is 0 Å². The van der Waals surface area contributed by atoms with Gasteiger partial charge in [0.05, 0.1) is 13.3 Å². The number of aromatic nitrogens is 3. The highest BCUT2D eigenvalue weighted by Gasteiger charge is 2.17. The highest BCUT2D eigenvalue weighted by molar-refractivity contribution is 7.16. The van der Waals surface area contributed by atoms with Gasteiger partial charge < -0.3 is 4.74 Å². The lowest BCUT2D eigenvalue weighted by Crippen LogP contribution is -1.99. The maximum atomic E-state index is 13.3. The van der Waals surface area contributed by atoms with Crippen LogP contribution >= 0.6 is 11.3 Å². The molecule has 2 rings (SSSR count). The average Bonchev–Trinajstić information content (AvgIpc) is 2.77. The van der Waals surface area contributed by atoms with Gasteiger partial charge in [-0.3, -0.25) is 0 Å². The number of hydrogen-bond donors (Lipinski definition) is 0. The third kappa shape index (κ3) is 2.26. The molecule has 2 heterocycles. The minimum absolute atomic E-state index is 0.0203. The molecule has 0 radical (unpaired) electrons. The summed E-state index contributed by atoms with van der Waals surface area (Å²) >= 11 is 0.817. The molecule has 0 saturated heterocycles. The first-order valence-corrected chi connectivity index (χ1v) is 5.16. The van der Waals surface area contributed by atoms with Gasteiger partial charge >= 0.3 is 5.97 Å². The Kier molecular flexibility index (Phi) is 3.05. The number of carbonyl (C=O) groups excluding carboxylic acids is 1. The number of ether oxygens (including phenoxy) is 1. The second-order valence-electron chi connectivity index (χ2n) is 2.89. The Bertz CT molecular complexity index is 573. The second kappa shape index (κ2) is 4.50. The van der Waals surface area contributed by atoms with Gasteiger partial charge in [-0.05, 0) is 0 Å². The fourth-order valence-electron chi connectivity index (χ4n) is 1.06. The third-order valence-electron chi connectivity index (χ3n) is 1.80. The van der Waals surface area contributed by atoms with Crippen LogP contribution in [0.3, 0.4) is 0 Å². The van der Waals surface area contributed by atoms with Crippen LogP contribution in [0, 0.1) is 11.6 Å². The van der Waals surface area contributed by atoms with E-state index in [9.17, 15) is 13.6 Å². The fourth-order valence-corrected chi connectivity index (χ4v) is 1.82. The normalized spacial score (nSPS) is 10.3. The summed E-state index contributed by atoms with van der Waals surface area (Å²) in [6, 6.07) is 0.682. The van der Waals surface area contributed by atoms with E-state index in [1.165, 1.54) is 7.11 Å². The number of methoxy groups -OCH3 is 1. The SMILES string of the molecule is COC(=O)c1nnc(-c2ncc(F)cc2F)s1. The summed E-state index contributed by atoms with van der Waals surface area (Å²) in [5, 5.41) is 7.17. The van der Waals surface area contributed by atoms with E-state index in [2.05, 4.69) is 19.9 Å². The Labute approximate surface area is 98.1 Å². The summed E-state index contributed by atoms with van der Waals surface area (Å²) in [4.78, 5) is 14.7. The van der Waals surface area contributed by atoms with Gasteiger partial charge in [0.1, 0.15) is 11.5 Å². The van der Waals surface area contributed by atoms with Gasteiger partial charge in [-0.15, -0.1) is 10.2 Å². The molecule has 0 N–H and O–H groups in total. The zero-order valence-electron chi connectivity index (χ0n) is 8.48. The Hall–Kier alpha value is -1.96. The van der Waals surface area contributed by atoms with Crippen molar-refractivity contribution in [1.82, 2.24) is 15.2 Å². The average molecular weight is 257 g/mol. The molecular formula is C9H5F2N3O2S. The van der Waals surface area contributed by atoms with Crippen molar-refractivity contribution in [3.05, 3.63) is 28.9 Å². The summed E-state index contributed by atoms with van der Waals surface area (Å²) in [7, 11) is 1.19. The summed E-state index contributed by atoms with van der Waals surface area (Å²) in [6.07, 6.45) is 0.859. The predicted molar refractivity (Wildman–Crippen MR) is 54.4 cm³/mol. The molecule has 0 fully saturated rings. The van der Waals surface area contributed by atoms with Crippen molar-refractivity contribution in [2.24, 2.45) is 0 Å². The van der Waals surface area contributed by atoms with E-state index >= 15 is 0 Å². The van der Waals surface area contributed by atoms with E-state index < -0.39 is 17.6 Å². The summed E-state index contributed by atoms with van der Waals surface area (Å²) in [5.41, 5.74) is -0.154. The standard InChI is InChI=1S/C9H5F2N3O2S/c1-16-9(15)8-14-13-7(17-8)6-5(11)2-4(10)3-12-6/h2-3H,1H3. The van der Waals surface area contributed by atoms with Gasteiger partial charge in [-0.2, -0.15) is 0 Å². The number of halogens is 2. The van der Waals surface area contributed by atoms with E-state index in [0.717, 1.165) is 17.5 Å². The summed E-state index contributed by atoms with van der Waals surface area (Å²) in [6.45, 7) is 0. The Morgan fingerprint density at radius 3 is 2.82 bits per heavy atom. The van der Waals surface area contributed by atoms with Crippen molar-refractivity contribution in [2.75, 3.05) is 7.11 Å². The first kappa shape index (κ1) is 11.5. The third-order valence-corrected chi connectivity index (χ3v) is 2.71. The van der Waals surface area contributed by atoms with Crippen LogP contribution in [0.4, 0.5) is 8.78 Å². The van der Waals surface area contributed by atoms with Gasteiger partial charge in [-0.25, -0.2) is 18.6 Å². The molecule has 0 aliphatic carbocycles. The molecule has 8 heteroatoms. The molecule has 0 amide bonds. The lowest BCUT2D eigenvalue weighted by molar-refractivity contribution is 0.0599. The van der Waals surface area contributed by atoms with Crippen molar-refractivity contribution in [2.45, 2.75) is 0 Å². The molecule has 0 aliphatic rings. The van der Waals surface area contributed by atoms with Crippen molar-refractivity contribution < 1.29 is 18.3 Å². The van der Waals surface area contributed by atoms with Crippen molar-refractivity contribution >= 4 is 17.3 Å². The number of pyridine rings is 1. The molecule has 17 heavy (non-hydrogen) atoms. The molecule has 2 aromatic heterocycles. The molecular weight excluding hydrogens is 252 g/mol. The van der Waals surface area contributed by atoms with Crippen molar-refractivity contribution in [1.29, 1.82) is 0 Å². The number of carbonyl (C=O) groups is 1. The predicted octanol–water partition coefficient (Wildman–Crippen LogP) is 1.66. The van der Waals surface area contributed by atoms with Crippen LogP contribution in [0.2, 0.25) is 0 Å². The number of nitrogens with zero attached hydrogens (tertiary/aromatic N) is 3. The van der Waals surface area contributed by atoms with E-state index in [4.69, 9.17) is 0 Å². The topological polar surface area (TPSA) is 65.0 Å². The Balaban J connectivity index is 2.40. The zero-order valence-corrected chi connectivity index (χ0v) is 9.29. The molecule has 0 aromatic carbocycles. The maximum Gasteiger partial charge on any atom is 0.369 e. The van der Waals surface area contributed by atoms with Crippen molar-refractivity contribution in [3.8, 4) is 10.7 Å². The minimum atomic E-state index is -0.863. The van der Waals surface area contributed by atoms with E-state index in [1.807, 2.05) is 0 Å². The molecule has 0 spiro atoms. The van der Waals surface area contributed by atoms with Crippen LogP contribution in [-0.4, -0.2) is 28.3 Å². The fraction of sp³-hybridized carbons (Fsp3) is 0.111. The van der Waals surface area contributed by atoms with Crippen LogP contribution in [0.25, 0.3) is 10.7 Å². The summed E-state index contributed by atoms with van der Waals surface area (Å²) in [5.74, 6) is -2.32. The largest absolute Gasteiger partial charge is 0.464 e. The van der Waals surface area contributed by atoms with Crippen LogP contribution in [-0.2, 0) is 4.74 Å². The summed E-state index contributed by atoms with van der Waals surface area (Å²) < 4.78 is 30.4. The minimum Gasteiger partial charge on any atom is -0.464 e. The highest BCUT2D eigenvalue weighted by atomic mass is 32.1. The molecule has 2 aromatic rings. The second-order valence-corrected chi connectivity index (χ2v) is 3.87. The van der Waals surface area contributed by atoms with Crippen LogP contribution in [0.5, 0.6) is 0 Å². The molecule has 88 valence electrons. The smallest absolute Gasteiger partial charge is 0.369 e. The molecule has 0 saturated carbocycles. The first-order chi connectivity index (χ1) is 8.11. The number of esters is 1. The number of hydrogen-bond acceptors (Lipinski definition) is 6. The lowest BCUT2D eigenvalue weighted by atomic mass is 10.3. The molecule has 5 nitrogen and oxygen atoms in total. The van der Waals surface area contributed by atoms with E-state index in [1.54, 1.807) is 0 Å². The number of rotatable bonds is 2. The Morgan fingerprint density at radius 1 is 1.41 bits per heavy atom. The van der Waals surface area contributed by atoms with Gasteiger partial charge in [0.2, 0.25) is 5.01 Å². The van der Waals surface area contributed by atoms with Crippen LogP contribution in [0.1, 0.15) is 9.80 Å². The molecule has 0 unspecified atom stereocenters. The van der Waals surface area contributed by atoms with Gasteiger partial charge in [0.25, 0.3) is 0 Å². The Morgan fingerprint density at radius 2 is 2.18 bits per heavy atom. The van der Waals surface area contributed by atoms with Crippen LogP contribution in [0.15, 0.2) is 12.3 Å². The molecule has 0 aliphatic heterocycles. The zero-order chi connectivity index (χ0) is 12.4.